The lowest BCUT2D eigenvalue weighted by molar-refractivity contribution is -0.136. The summed E-state index contributed by atoms with van der Waals surface area (Å²) in [6.45, 7) is 4.82. The fraction of sp³-hybridized carbons (Fsp3) is 0.474. The van der Waals surface area contributed by atoms with Crippen LogP contribution in [0.25, 0.3) is 0 Å². The molecule has 128 valence electrons. The predicted molar refractivity (Wildman–Crippen MR) is 96.6 cm³/mol. The van der Waals surface area contributed by atoms with Gasteiger partial charge in [0.1, 0.15) is 10.8 Å². The number of aromatic nitrogens is 1. The second-order valence-corrected chi connectivity index (χ2v) is 7.25. The number of thiazole rings is 1. The van der Waals surface area contributed by atoms with Crippen molar-refractivity contribution in [1.82, 2.24) is 9.88 Å². The number of carbonyl (C=O) groups is 1. The predicted octanol–water partition coefficient (Wildman–Crippen LogP) is 4.32. The van der Waals surface area contributed by atoms with Crippen LogP contribution in [0.3, 0.4) is 0 Å². The fourth-order valence-corrected chi connectivity index (χ4v) is 4.20. The third-order valence-corrected chi connectivity index (χ3v) is 5.76. The minimum Gasteiger partial charge on any atom is -0.497 e. The zero-order valence-corrected chi connectivity index (χ0v) is 15.3. The number of amides is 1. The molecule has 0 spiro atoms. The topological polar surface area (TPSA) is 42.4 Å². The molecule has 0 radical (unpaired) electrons. The van der Waals surface area contributed by atoms with E-state index in [9.17, 15) is 4.79 Å². The van der Waals surface area contributed by atoms with Crippen LogP contribution in [-0.4, -0.2) is 29.4 Å². The standard InChI is InChI=1S/C19H24N2O2S/c1-13-12-24-18(20-13)17-6-4-5-11-21(17)19(22)14(2)15-7-9-16(23-3)10-8-15/h7-10,12,14,17H,4-6,11H2,1-3H3/t14-,17+/m1/s1. The van der Waals surface area contributed by atoms with E-state index in [1.54, 1.807) is 18.4 Å². The summed E-state index contributed by atoms with van der Waals surface area (Å²) in [4.78, 5) is 19.8. The maximum absolute atomic E-state index is 13.1. The summed E-state index contributed by atoms with van der Waals surface area (Å²) in [6.07, 6.45) is 3.24. The van der Waals surface area contributed by atoms with Crippen molar-refractivity contribution in [3.05, 3.63) is 45.9 Å². The van der Waals surface area contributed by atoms with Crippen LogP contribution in [0, 0.1) is 6.92 Å². The largest absolute Gasteiger partial charge is 0.497 e. The molecule has 1 saturated heterocycles. The number of aryl methyl sites for hydroxylation is 1. The maximum Gasteiger partial charge on any atom is 0.230 e. The van der Waals surface area contributed by atoms with Crippen molar-refractivity contribution in [2.24, 2.45) is 0 Å². The van der Waals surface area contributed by atoms with Gasteiger partial charge in [-0.2, -0.15) is 0 Å². The first-order valence-electron chi connectivity index (χ1n) is 8.46. The smallest absolute Gasteiger partial charge is 0.230 e. The molecule has 0 aliphatic carbocycles. The van der Waals surface area contributed by atoms with Crippen molar-refractivity contribution < 1.29 is 9.53 Å². The normalized spacial score (nSPS) is 19.1. The van der Waals surface area contributed by atoms with Gasteiger partial charge in [-0.05, 0) is 50.8 Å². The first-order valence-corrected chi connectivity index (χ1v) is 9.34. The summed E-state index contributed by atoms with van der Waals surface area (Å²) in [5, 5.41) is 3.14. The maximum atomic E-state index is 13.1. The Hall–Kier alpha value is -1.88. The van der Waals surface area contributed by atoms with Gasteiger partial charge in [-0.3, -0.25) is 4.79 Å². The Kier molecular flexibility index (Phi) is 5.19. The second kappa shape index (κ2) is 7.34. The van der Waals surface area contributed by atoms with Gasteiger partial charge < -0.3 is 9.64 Å². The van der Waals surface area contributed by atoms with Gasteiger partial charge in [0.05, 0.1) is 19.1 Å². The molecule has 2 aromatic rings. The van der Waals surface area contributed by atoms with Gasteiger partial charge >= 0.3 is 0 Å². The Morgan fingerprint density at radius 3 is 2.71 bits per heavy atom. The highest BCUT2D eigenvalue weighted by atomic mass is 32.1. The molecule has 24 heavy (non-hydrogen) atoms. The minimum absolute atomic E-state index is 0.130. The second-order valence-electron chi connectivity index (χ2n) is 6.37. The van der Waals surface area contributed by atoms with Gasteiger partial charge in [0.15, 0.2) is 0 Å². The summed E-state index contributed by atoms with van der Waals surface area (Å²) >= 11 is 1.67. The van der Waals surface area contributed by atoms with Crippen molar-refractivity contribution >= 4 is 17.2 Å². The van der Waals surface area contributed by atoms with E-state index in [1.165, 1.54) is 0 Å². The number of ether oxygens (including phenoxy) is 1. The van der Waals surface area contributed by atoms with E-state index in [4.69, 9.17) is 4.74 Å². The van der Waals surface area contributed by atoms with E-state index >= 15 is 0 Å². The average molecular weight is 344 g/mol. The molecule has 1 aromatic carbocycles. The summed E-state index contributed by atoms with van der Waals surface area (Å²) in [7, 11) is 1.65. The van der Waals surface area contributed by atoms with Gasteiger partial charge in [-0.15, -0.1) is 11.3 Å². The first kappa shape index (κ1) is 17.0. The highest BCUT2D eigenvalue weighted by Gasteiger charge is 2.32. The number of rotatable bonds is 4. The van der Waals surface area contributed by atoms with E-state index in [0.717, 1.165) is 47.8 Å². The molecule has 1 aliphatic rings. The number of nitrogens with zero attached hydrogens (tertiary/aromatic N) is 2. The molecule has 0 saturated carbocycles. The van der Waals surface area contributed by atoms with E-state index in [0.29, 0.717) is 0 Å². The molecule has 1 fully saturated rings. The van der Waals surface area contributed by atoms with E-state index in [2.05, 4.69) is 10.4 Å². The molecule has 2 atom stereocenters. The van der Waals surface area contributed by atoms with Crippen LogP contribution in [0.4, 0.5) is 0 Å². The Morgan fingerprint density at radius 1 is 1.33 bits per heavy atom. The molecule has 0 bridgehead atoms. The van der Waals surface area contributed by atoms with Crippen molar-refractivity contribution in [2.75, 3.05) is 13.7 Å². The van der Waals surface area contributed by atoms with Crippen molar-refractivity contribution in [2.45, 2.75) is 45.1 Å². The third kappa shape index (κ3) is 3.46. The number of hydrogen-bond acceptors (Lipinski definition) is 4. The van der Waals surface area contributed by atoms with E-state index < -0.39 is 0 Å². The summed E-state index contributed by atoms with van der Waals surface area (Å²) in [6, 6.07) is 7.92. The monoisotopic (exact) mass is 344 g/mol. The van der Waals surface area contributed by atoms with Crippen LogP contribution < -0.4 is 4.74 Å². The molecule has 2 heterocycles. The number of benzene rings is 1. The highest BCUT2D eigenvalue weighted by molar-refractivity contribution is 7.09. The van der Waals surface area contributed by atoms with Gasteiger partial charge in [-0.1, -0.05) is 12.1 Å². The summed E-state index contributed by atoms with van der Waals surface area (Å²) < 4.78 is 5.20. The molecule has 0 unspecified atom stereocenters. The number of likely N-dealkylation sites (tertiary alicyclic amines) is 1. The lowest BCUT2D eigenvalue weighted by Crippen LogP contribution is -2.40. The van der Waals surface area contributed by atoms with Crippen LogP contribution in [0.5, 0.6) is 5.75 Å². The van der Waals surface area contributed by atoms with E-state index in [-0.39, 0.29) is 17.9 Å². The third-order valence-electron chi connectivity index (χ3n) is 4.69. The van der Waals surface area contributed by atoms with Crippen LogP contribution in [0.15, 0.2) is 29.6 Å². The lowest BCUT2D eigenvalue weighted by atomic mass is 9.95. The minimum atomic E-state index is -0.155. The SMILES string of the molecule is COc1ccc([C@@H](C)C(=O)N2CCCC[C@H]2c2nc(C)cs2)cc1. The van der Waals surface area contributed by atoms with Gasteiger partial charge in [0.25, 0.3) is 0 Å². The van der Waals surface area contributed by atoms with Crippen molar-refractivity contribution in [3.63, 3.8) is 0 Å². The Bertz CT molecular complexity index is 696. The molecule has 1 amide bonds. The van der Waals surface area contributed by atoms with E-state index in [1.807, 2.05) is 43.0 Å². The van der Waals surface area contributed by atoms with Crippen LogP contribution in [0.1, 0.15) is 54.4 Å². The van der Waals surface area contributed by atoms with Crippen LogP contribution >= 0.6 is 11.3 Å². The highest BCUT2D eigenvalue weighted by Crippen LogP contribution is 2.35. The lowest BCUT2D eigenvalue weighted by Gasteiger charge is -2.36. The number of hydrogen-bond donors (Lipinski definition) is 0. The Balaban J connectivity index is 1.80. The molecule has 5 heteroatoms. The van der Waals surface area contributed by atoms with Gasteiger partial charge in [-0.25, -0.2) is 4.98 Å². The molecular weight excluding hydrogens is 320 g/mol. The molecule has 3 rings (SSSR count). The zero-order valence-electron chi connectivity index (χ0n) is 14.5. The summed E-state index contributed by atoms with van der Waals surface area (Å²) in [5.41, 5.74) is 2.07. The number of carbonyl (C=O) groups excluding carboxylic acids is 1. The number of piperidine rings is 1. The Labute approximate surface area is 147 Å². The van der Waals surface area contributed by atoms with Crippen LogP contribution in [0.2, 0.25) is 0 Å². The fourth-order valence-electron chi connectivity index (χ4n) is 3.26. The molecule has 1 aliphatic heterocycles. The molecule has 4 nitrogen and oxygen atoms in total. The summed E-state index contributed by atoms with van der Waals surface area (Å²) in [5.74, 6) is 0.850. The molecule has 1 aromatic heterocycles. The van der Waals surface area contributed by atoms with Gasteiger partial charge in [0, 0.05) is 17.6 Å². The molecular formula is C19H24N2O2S. The zero-order chi connectivity index (χ0) is 17.1. The van der Waals surface area contributed by atoms with Crippen molar-refractivity contribution in [1.29, 1.82) is 0 Å². The first-order chi connectivity index (χ1) is 11.6. The van der Waals surface area contributed by atoms with Crippen molar-refractivity contribution in [3.8, 4) is 5.75 Å². The van der Waals surface area contributed by atoms with Gasteiger partial charge in [0.2, 0.25) is 5.91 Å². The Morgan fingerprint density at radius 2 is 2.08 bits per heavy atom. The quantitative estimate of drug-likeness (QED) is 0.829. The number of methoxy groups -OCH3 is 1. The molecule has 0 N–H and O–H groups in total. The van der Waals surface area contributed by atoms with Crippen LogP contribution in [-0.2, 0) is 4.79 Å². The average Bonchev–Trinajstić information content (AvgIpc) is 3.07.